The van der Waals surface area contributed by atoms with Crippen molar-refractivity contribution in [2.45, 2.75) is 68.5 Å². The summed E-state index contributed by atoms with van der Waals surface area (Å²) in [4.78, 5) is 11.2. The van der Waals surface area contributed by atoms with Crippen LogP contribution in [0.1, 0.15) is 73.7 Å². The summed E-state index contributed by atoms with van der Waals surface area (Å²) in [6.45, 7) is 20.1. The molecule has 4 aliphatic rings. The first-order valence-electron chi connectivity index (χ1n) is 21.0. The monoisotopic (exact) mass is 801 g/mol. The summed E-state index contributed by atoms with van der Waals surface area (Å²) in [5.41, 5.74) is 24.6. The van der Waals surface area contributed by atoms with Crippen LogP contribution >= 0.6 is 11.3 Å². The molecule has 0 fully saturated rings. The number of aryl methyl sites for hydroxylation is 8. The van der Waals surface area contributed by atoms with E-state index in [2.05, 4.69) is 189 Å². The highest BCUT2D eigenvalue weighted by atomic mass is 32.1. The van der Waals surface area contributed by atoms with Gasteiger partial charge >= 0.3 is 0 Å². The van der Waals surface area contributed by atoms with E-state index in [9.17, 15) is 0 Å². The van der Waals surface area contributed by atoms with Crippen LogP contribution in [0.3, 0.4) is 0 Å². The van der Waals surface area contributed by atoms with Crippen LogP contribution in [0.4, 0.5) is 0 Å². The van der Waals surface area contributed by atoms with Gasteiger partial charge in [0, 0.05) is 55.3 Å². The third kappa shape index (κ3) is 7.16. The Balaban J connectivity index is 1.46. The van der Waals surface area contributed by atoms with E-state index in [-0.39, 0.29) is 0 Å². The second kappa shape index (κ2) is 15.8. The van der Waals surface area contributed by atoms with Crippen LogP contribution in [0, 0.1) is 55.4 Å². The van der Waals surface area contributed by atoms with Gasteiger partial charge in [0.05, 0.1) is 22.8 Å². The van der Waals surface area contributed by atoms with Crippen molar-refractivity contribution in [3.8, 4) is 0 Å². The van der Waals surface area contributed by atoms with Gasteiger partial charge in [-0.05, 0) is 149 Å². The number of nitrogens with one attached hydrogen (secondary N) is 1. The van der Waals surface area contributed by atoms with E-state index in [1.165, 1.54) is 55.6 Å². The molecule has 0 amide bonds. The summed E-state index contributed by atoms with van der Waals surface area (Å²) < 4.78 is 8.91. The molecule has 4 aromatic carbocycles. The molecule has 0 saturated carbocycles. The molecule has 0 spiro atoms. The second-order valence-electron chi connectivity index (χ2n) is 16.6. The van der Waals surface area contributed by atoms with E-state index in [4.69, 9.17) is 14.7 Å². The van der Waals surface area contributed by atoms with Gasteiger partial charge < -0.3 is 10.1 Å². The number of allylic oxidation sites excluding steroid dienone is 7. The first kappa shape index (κ1) is 39.3. The van der Waals surface area contributed by atoms with E-state index in [0.29, 0.717) is 6.61 Å². The molecule has 1 N–H and O–H groups in total. The zero-order valence-corrected chi connectivity index (χ0v) is 36.9. The number of dihydropyridines is 1. The summed E-state index contributed by atoms with van der Waals surface area (Å²) in [7, 11) is 0. The zero-order valence-electron chi connectivity index (χ0n) is 36.0. The van der Waals surface area contributed by atoms with Crippen molar-refractivity contribution in [3.05, 3.63) is 220 Å². The molecule has 5 heteroatoms. The Morgan fingerprint density at radius 1 is 0.533 bits per heavy atom. The smallest absolute Gasteiger partial charge is 0.154 e. The van der Waals surface area contributed by atoms with Crippen LogP contribution in [0.25, 0.3) is 22.3 Å². The van der Waals surface area contributed by atoms with E-state index in [1.807, 2.05) is 0 Å². The molecule has 4 nitrogen and oxygen atoms in total. The fourth-order valence-corrected chi connectivity index (χ4v) is 10.5. The number of hydrogen-bond acceptors (Lipinski definition) is 5. The lowest BCUT2D eigenvalue weighted by Gasteiger charge is -2.30. The molecule has 1 aromatic heterocycles. The molecule has 60 heavy (non-hydrogen) atoms. The molecule has 4 aliphatic heterocycles. The van der Waals surface area contributed by atoms with Crippen LogP contribution in [0.2, 0.25) is 0 Å². The molecule has 9 rings (SSSR count). The van der Waals surface area contributed by atoms with Gasteiger partial charge in [-0.15, -0.1) is 11.3 Å². The number of hydrogen-bond donors (Lipinski definition) is 1. The Hall–Kier alpha value is -6.14. The minimum absolute atomic E-state index is 0.403. The maximum absolute atomic E-state index is 6.60. The Morgan fingerprint density at radius 3 is 1.45 bits per heavy atom. The molecule has 5 aromatic rings. The standard InChI is InChI=1S/C55H51N3OS/c1-10-59-55-42-29-41(30-56-55)53(49-35(6)25-33(4)26-36(49)7)45-21-19-43(57-45)51(39-15-11-31(2)12-16-39)47-23-24-48(60-47)52(40-17-13-32(3)14-18-40)44-20-22-46(58-44)54(42)50-37(8)27-34(5)28-38(50)9/h11-30,55-56H,10H2,1-9H3. The van der Waals surface area contributed by atoms with Gasteiger partial charge in [-0.25, -0.2) is 9.98 Å². The number of aliphatic imine (C=N–C) groups is 2. The largest absolute Gasteiger partial charge is 0.362 e. The first-order valence-corrected chi connectivity index (χ1v) is 21.8. The number of benzene rings is 4. The molecule has 0 saturated heterocycles. The third-order valence-electron chi connectivity index (χ3n) is 11.8. The van der Waals surface area contributed by atoms with Crippen LogP contribution in [0.15, 0.2) is 154 Å². The van der Waals surface area contributed by atoms with Gasteiger partial charge in [-0.3, -0.25) is 0 Å². The number of ether oxygens (including phenoxy) is 1. The van der Waals surface area contributed by atoms with E-state index in [1.54, 1.807) is 11.3 Å². The predicted octanol–water partition coefficient (Wildman–Crippen LogP) is 11.2. The molecular weight excluding hydrogens is 751 g/mol. The van der Waals surface area contributed by atoms with E-state index >= 15 is 0 Å². The van der Waals surface area contributed by atoms with Crippen molar-refractivity contribution in [1.82, 2.24) is 5.32 Å². The molecule has 0 radical (unpaired) electrons. The maximum Gasteiger partial charge on any atom is 0.154 e. The fraction of sp³-hybridized carbons (Fsp3) is 0.200. The second-order valence-corrected chi connectivity index (χ2v) is 17.7. The molecule has 0 aliphatic carbocycles. The van der Waals surface area contributed by atoms with Crippen LogP contribution < -0.4 is 14.4 Å². The number of thiophene rings is 1. The quantitative estimate of drug-likeness (QED) is 0.186. The van der Waals surface area contributed by atoms with Crippen LogP contribution in [0.5, 0.6) is 0 Å². The van der Waals surface area contributed by atoms with Crippen molar-refractivity contribution < 1.29 is 4.74 Å². The lowest BCUT2D eigenvalue weighted by molar-refractivity contribution is 0.0761. The van der Waals surface area contributed by atoms with Crippen LogP contribution in [-0.2, 0) is 4.74 Å². The van der Waals surface area contributed by atoms with Gasteiger partial charge in [0.2, 0.25) is 0 Å². The Bertz CT molecular complexity index is 2960. The normalized spacial score (nSPS) is 17.2. The fourth-order valence-electron chi connectivity index (χ4n) is 9.34. The summed E-state index contributed by atoms with van der Waals surface area (Å²) in [6.07, 6.45) is 12.9. The lowest BCUT2D eigenvalue weighted by Crippen LogP contribution is -2.33. The molecule has 1 unspecified atom stereocenters. The predicted molar refractivity (Wildman–Crippen MR) is 254 cm³/mol. The Kier molecular flexibility index (Phi) is 10.4. The van der Waals surface area contributed by atoms with Crippen LogP contribution in [-0.4, -0.2) is 24.3 Å². The Labute approximate surface area is 358 Å². The highest BCUT2D eigenvalue weighted by Crippen LogP contribution is 2.43. The maximum atomic E-state index is 6.60. The third-order valence-corrected chi connectivity index (χ3v) is 13.0. The lowest BCUT2D eigenvalue weighted by atomic mass is 9.83. The van der Waals surface area contributed by atoms with Crippen molar-refractivity contribution in [3.63, 3.8) is 0 Å². The van der Waals surface area contributed by atoms with Gasteiger partial charge in [-0.2, -0.15) is 0 Å². The highest BCUT2D eigenvalue weighted by molar-refractivity contribution is 7.08. The minimum atomic E-state index is -0.403. The van der Waals surface area contributed by atoms with Gasteiger partial charge in [0.1, 0.15) is 0 Å². The van der Waals surface area contributed by atoms with Crippen molar-refractivity contribution >= 4 is 45.1 Å². The molecular formula is C55H51N3OS. The Morgan fingerprint density at radius 2 is 0.983 bits per heavy atom. The summed E-state index contributed by atoms with van der Waals surface area (Å²) in [5, 5.41) is 3.75. The SMILES string of the molecule is CCOC1NC=C2C=C1C(c1c(C)cc(C)cc1C)=C1C=CC(=N1)C(c1ccc(C)cc1)=c1ccc(s1)=C(c1ccc(C)cc1)C1=NC(=C2c2c(C)cc(C)cc2C)C=C1. The molecule has 298 valence electrons. The highest BCUT2D eigenvalue weighted by Gasteiger charge is 2.31. The van der Waals surface area contributed by atoms with Crippen molar-refractivity contribution in [2.24, 2.45) is 9.98 Å². The average molecular weight is 802 g/mol. The first-order chi connectivity index (χ1) is 29.0. The summed E-state index contributed by atoms with van der Waals surface area (Å²) in [5.74, 6) is 0. The van der Waals surface area contributed by atoms with Crippen molar-refractivity contribution in [1.29, 1.82) is 0 Å². The average Bonchev–Trinajstić information content (AvgIpc) is 4.00. The van der Waals surface area contributed by atoms with Gasteiger partial charge in [0.15, 0.2) is 6.23 Å². The van der Waals surface area contributed by atoms with Gasteiger partial charge in [-0.1, -0.05) is 95.1 Å². The zero-order chi connectivity index (χ0) is 41.8. The van der Waals surface area contributed by atoms with E-state index < -0.39 is 6.23 Å². The summed E-state index contributed by atoms with van der Waals surface area (Å²) >= 11 is 1.80. The van der Waals surface area contributed by atoms with E-state index in [0.717, 1.165) is 76.4 Å². The molecule has 8 bridgehead atoms. The topological polar surface area (TPSA) is 46.0 Å². The number of fused-ring (bicyclic) bond motifs is 5. The summed E-state index contributed by atoms with van der Waals surface area (Å²) in [6, 6.07) is 31.4. The van der Waals surface area contributed by atoms with Crippen molar-refractivity contribution in [2.75, 3.05) is 6.61 Å². The molecule has 1 atom stereocenters. The van der Waals surface area contributed by atoms with Gasteiger partial charge in [0.25, 0.3) is 0 Å². The molecule has 5 heterocycles. The number of nitrogens with zero attached hydrogens (tertiary/aromatic N) is 2. The number of rotatable bonds is 6. The minimum Gasteiger partial charge on any atom is -0.362 e.